The first-order chi connectivity index (χ1) is 6.56. The Hall–Kier alpha value is -1.09. The third-order valence-corrected chi connectivity index (χ3v) is 2.20. The number of hydrogen-bond donors (Lipinski definition) is 1. The van der Waals surface area contributed by atoms with Gasteiger partial charge >= 0.3 is 0 Å². The fourth-order valence-corrected chi connectivity index (χ4v) is 1.66. The molecule has 0 atom stereocenters. The maximum absolute atomic E-state index is 13.3. The molecule has 14 heavy (non-hydrogen) atoms. The molecule has 0 bridgehead atoms. The average Bonchev–Trinajstić information content (AvgIpc) is 2.49. The minimum absolute atomic E-state index is 0.653. The zero-order chi connectivity index (χ0) is 10.2. The number of alkyl halides is 1. The smallest absolute Gasteiger partial charge is 0.242 e. The van der Waals surface area contributed by atoms with Gasteiger partial charge in [0.25, 0.3) is 0 Å². The number of hydrogen-bond acceptors (Lipinski definition) is 2. The van der Waals surface area contributed by atoms with Crippen LogP contribution < -0.4 is 10.1 Å². The van der Waals surface area contributed by atoms with Gasteiger partial charge in [-0.15, -0.1) is 0 Å². The summed E-state index contributed by atoms with van der Waals surface area (Å²) in [5.41, 5.74) is 2.28. The van der Waals surface area contributed by atoms with E-state index in [1.165, 1.54) is 19.4 Å². The summed E-state index contributed by atoms with van der Waals surface area (Å²) in [6.07, 6.45) is 0. The normalized spacial score (nSPS) is 15.4. The highest BCUT2D eigenvalue weighted by molar-refractivity contribution is 5.42. The van der Waals surface area contributed by atoms with Crippen LogP contribution in [-0.4, -0.2) is 5.85 Å². The van der Waals surface area contributed by atoms with Gasteiger partial charge in [0, 0.05) is 32.5 Å². The van der Waals surface area contributed by atoms with Gasteiger partial charge in [0.15, 0.2) is 0 Å². The summed E-state index contributed by atoms with van der Waals surface area (Å²) in [7, 11) is 0. The van der Waals surface area contributed by atoms with E-state index in [0.717, 1.165) is 18.7 Å². The maximum Gasteiger partial charge on any atom is 0.242 e. The van der Waals surface area contributed by atoms with Gasteiger partial charge in [0.1, 0.15) is 5.75 Å². The first kappa shape index (κ1) is 9.46. The Bertz CT molecular complexity index is 344. The lowest BCUT2D eigenvalue weighted by molar-refractivity contribution is -0.0264. The van der Waals surface area contributed by atoms with Crippen molar-refractivity contribution < 1.29 is 9.13 Å². The van der Waals surface area contributed by atoms with Gasteiger partial charge in [-0.05, 0) is 11.6 Å². The highest BCUT2D eigenvalue weighted by Crippen LogP contribution is 2.29. The van der Waals surface area contributed by atoms with Crippen LogP contribution in [0.3, 0.4) is 0 Å². The Morgan fingerprint density at radius 2 is 2.14 bits per heavy atom. The van der Waals surface area contributed by atoms with Crippen LogP contribution in [0.15, 0.2) is 18.2 Å². The van der Waals surface area contributed by atoms with Crippen molar-refractivity contribution in [3.8, 4) is 5.75 Å². The Morgan fingerprint density at radius 1 is 1.36 bits per heavy atom. The monoisotopic (exact) mass is 195 g/mol. The van der Waals surface area contributed by atoms with E-state index in [9.17, 15) is 4.39 Å². The van der Waals surface area contributed by atoms with Crippen LogP contribution in [-0.2, 0) is 13.1 Å². The highest BCUT2D eigenvalue weighted by Gasteiger charge is 2.21. The molecule has 0 unspecified atom stereocenters. The van der Waals surface area contributed by atoms with Gasteiger partial charge in [-0.25, -0.2) is 0 Å². The Labute approximate surface area is 83.1 Å². The van der Waals surface area contributed by atoms with Crippen LogP contribution in [0, 0.1) is 0 Å². The molecular weight excluding hydrogens is 181 g/mol. The molecule has 1 aliphatic rings. The molecule has 1 heterocycles. The SMILES string of the molecule is CC(C)(F)Oc1cccc2c1CNC2. The van der Waals surface area contributed by atoms with Crippen molar-refractivity contribution in [2.45, 2.75) is 32.8 Å². The van der Waals surface area contributed by atoms with E-state index in [-0.39, 0.29) is 0 Å². The molecule has 2 rings (SSSR count). The Balaban J connectivity index is 2.31. The van der Waals surface area contributed by atoms with E-state index in [1.807, 2.05) is 18.2 Å². The first-order valence-electron chi connectivity index (χ1n) is 4.76. The van der Waals surface area contributed by atoms with Crippen LogP contribution >= 0.6 is 0 Å². The molecular formula is C11H14FNO. The van der Waals surface area contributed by atoms with Crippen molar-refractivity contribution in [1.82, 2.24) is 5.32 Å². The number of rotatable bonds is 2. The molecule has 0 fully saturated rings. The molecule has 0 saturated carbocycles. The number of halogens is 1. The first-order valence-corrected chi connectivity index (χ1v) is 4.76. The highest BCUT2D eigenvalue weighted by atomic mass is 19.2. The second-order valence-corrected chi connectivity index (χ2v) is 3.96. The molecule has 0 saturated heterocycles. The summed E-state index contributed by atoms with van der Waals surface area (Å²) in [4.78, 5) is 0. The number of ether oxygens (including phenoxy) is 1. The molecule has 76 valence electrons. The largest absolute Gasteiger partial charge is 0.458 e. The summed E-state index contributed by atoms with van der Waals surface area (Å²) >= 11 is 0. The van der Waals surface area contributed by atoms with Crippen molar-refractivity contribution in [1.29, 1.82) is 0 Å². The van der Waals surface area contributed by atoms with Gasteiger partial charge in [-0.3, -0.25) is 0 Å². The van der Waals surface area contributed by atoms with Crippen molar-refractivity contribution in [3.05, 3.63) is 29.3 Å². The molecule has 2 nitrogen and oxygen atoms in total. The van der Waals surface area contributed by atoms with Crippen LogP contribution in [0.4, 0.5) is 4.39 Å². The number of nitrogens with one attached hydrogen (secondary N) is 1. The Morgan fingerprint density at radius 3 is 2.86 bits per heavy atom. The quantitative estimate of drug-likeness (QED) is 0.782. The van der Waals surface area contributed by atoms with Gasteiger partial charge in [-0.1, -0.05) is 12.1 Å². The van der Waals surface area contributed by atoms with E-state index >= 15 is 0 Å². The van der Waals surface area contributed by atoms with Gasteiger partial charge in [-0.2, -0.15) is 4.39 Å². The maximum atomic E-state index is 13.3. The van der Waals surface area contributed by atoms with Gasteiger partial charge < -0.3 is 10.1 Å². The lowest BCUT2D eigenvalue weighted by Crippen LogP contribution is -2.21. The molecule has 0 aliphatic carbocycles. The van der Waals surface area contributed by atoms with Gasteiger partial charge in [0.2, 0.25) is 5.85 Å². The van der Waals surface area contributed by atoms with Crippen LogP contribution in [0.1, 0.15) is 25.0 Å². The lowest BCUT2D eigenvalue weighted by Gasteiger charge is -2.19. The second kappa shape index (κ2) is 3.24. The standard InChI is InChI=1S/C11H14FNO/c1-11(2,12)14-10-5-3-4-8-6-13-7-9(8)10/h3-5,13H,6-7H2,1-2H3. The van der Waals surface area contributed by atoms with Crippen molar-refractivity contribution in [3.63, 3.8) is 0 Å². The second-order valence-electron chi connectivity index (χ2n) is 3.96. The molecule has 0 amide bonds. The summed E-state index contributed by atoms with van der Waals surface area (Å²) in [6, 6.07) is 5.74. The molecule has 0 aromatic heterocycles. The van der Waals surface area contributed by atoms with E-state index in [1.54, 1.807) is 0 Å². The molecule has 1 aromatic rings. The van der Waals surface area contributed by atoms with Gasteiger partial charge in [0.05, 0.1) is 0 Å². The predicted molar refractivity (Wildman–Crippen MR) is 52.8 cm³/mol. The van der Waals surface area contributed by atoms with E-state index in [0.29, 0.717) is 5.75 Å². The van der Waals surface area contributed by atoms with Crippen molar-refractivity contribution in [2.75, 3.05) is 0 Å². The zero-order valence-corrected chi connectivity index (χ0v) is 8.43. The number of benzene rings is 1. The Kier molecular flexibility index (Phi) is 2.19. The molecule has 1 aromatic carbocycles. The zero-order valence-electron chi connectivity index (χ0n) is 8.43. The van der Waals surface area contributed by atoms with E-state index < -0.39 is 5.85 Å². The summed E-state index contributed by atoms with van der Waals surface area (Å²) < 4.78 is 18.5. The fourth-order valence-electron chi connectivity index (χ4n) is 1.66. The van der Waals surface area contributed by atoms with Crippen molar-refractivity contribution >= 4 is 0 Å². The van der Waals surface area contributed by atoms with Crippen LogP contribution in [0.2, 0.25) is 0 Å². The predicted octanol–water partition coefficient (Wildman–Crippen LogP) is 2.37. The third-order valence-electron chi connectivity index (χ3n) is 2.20. The molecule has 3 heteroatoms. The van der Waals surface area contributed by atoms with Crippen LogP contribution in [0.25, 0.3) is 0 Å². The number of fused-ring (bicyclic) bond motifs is 1. The van der Waals surface area contributed by atoms with Crippen molar-refractivity contribution in [2.24, 2.45) is 0 Å². The van der Waals surface area contributed by atoms with E-state index in [4.69, 9.17) is 4.74 Å². The molecule has 0 spiro atoms. The van der Waals surface area contributed by atoms with Crippen LogP contribution in [0.5, 0.6) is 5.75 Å². The average molecular weight is 195 g/mol. The topological polar surface area (TPSA) is 21.3 Å². The fraction of sp³-hybridized carbons (Fsp3) is 0.455. The molecule has 0 radical (unpaired) electrons. The minimum Gasteiger partial charge on any atom is -0.458 e. The minimum atomic E-state index is -1.61. The molecule has 1 aliphatic heterocycles. The summed E-state index contributed by atoms with van der Waals surface area (Å²) in [5, 5.41) is 3.21. The summed E-state index contributed by atoms with van der Waals surface area (Å²) in [5.74, 6) is -0.961. The van der Waals surface area contributed by atoms with E-state index in [2.05, 4.69) is 5.32 Å². The lowest BCUT2D eigenvalue weighted by atomic mass is 10.1. The summed E-state index contributed by atoms with van der Waals surface area (Å²) in [6.45, 7) is 4.43. The molecule has 1 N–H and O–H groups in total. The third kappa shape index (κ3) is 1.87.